The number of nitrogens with one attached hydrogen (secondary N) is 1. The minimum absolute atomic E-state index is 0.00128. The Morgan fingerprint density at radius 3 is 3.10 bits per heavy atom. The number of hydrogen-bond acceptors (Lipinski definition) is 6. The number of methoxy groups -OCH3 is 1. The molecule has 1 amide bonds. The summed E-state index contributed by atoms with van der Waals surface area (Å²) >= 11 is 0. The maximum absolute atomic E-state index is 13.0. The third-order valence-corrected chi connectivity index (χ3v) is 7.89. The van der Waals surface area contributed by atoms with Crippen molar-refractivity contribution in [2.24, 2.45) is 0 Å². The van der Waals surface area contributed by atoms with Gasteiger partial charge < -0.3 is 19.5 Å². The van der Waals surface area contributed by atoms with Gasteiger partial charge in [-0.1, -0.05) is 6.08 Å². The van der Waals surface area contributed by atoms with Crippen LogP contribution in [-0.4, -0.2) is 66.1 Å². The summed E-state index contributed by atoms with van der Waals surface area (Å²) in [6.07, 6.45) is 2.86. The normalized spacial score (nSPS) is 41.2. The van der Waals surface area contributed by atoms with Gasteiger partial charge in [-0.25, -0.2) is 0 Å². The van der Waals surface area contributed by atoms with Crippen molar-refractivity contribution in [3.63, 3.8) is 0 Å². The Hall–Kier alpha value is -2.48. The Kier molecular flexibility index (Phi) is 2.80. The number of ether oxygens (including phenoxy) is 3. The van der Waals surface area contributed by atoms with Gasteiger partial charge in [0.1, 0.15) is 24.8 Å². The minimum Gasteiger partial charge on any atom is -0.497 e. The van der Waals surface area contributed by atoms with E-state index in [4.69, 9.17) is 19.2 Å². The predicted molar refractivity (Wildman–Crippen MR) is 104 cm³/mol. The van der Waals surface area contributed by atoms with Gasteiger partial charge in [0, 0.05) is 11.9 Å². The van der Waals surface area contributed by atoms with Crippen LogP contribution >= 0.6 is 0 Å². The van der Waals surface area contributed by atoms with Gasteiger partial charge in [-0.2, -0.15) is 0 Å². The average Bonchev–Trinajstić information content (AvgIpc) is 2.98. The lowest BCUT2D eigenvalue weighted by Crippen LogP contribution is -2.52. The van der Waals surface area contributed by atoms with Gasteiger partial charge in [0.05, 0.1) is 46.9 Å². The van der Waals surface area contributed by atoms with E-state index in [0.717, 1.165) is 35.3 Å². The molecular weight excluding hydrogens is 370 g/mol. The van der Waals surface area contributed by atoms with E-state index >= 15 is 0 Å². The summed E-state index contributed by atoms with van der Waals surface area (Å²) in [5.41, 5.74) is 2.03. The van der Waals surface area contributed by atoms with Crippen LogP contribution in [0.3, 0.4) is 0 Å². The molecule has 7 rings (SSSR count). The number of pyridine rings is 1. The van der Waals surface area contributed by atoms with Crippen molar-refractivity contribution < 1.29 is 19.0 Å². The molecule has 1 N–H and O–H groups in total. The van der Waals surface area contributed by atoms with Crippen LogP contribution in [0.2, 0.25) is 0 Å². The molecule has 5 aliphatic rings. The highest BCUT2D eigenvalue weighted by molar-refractivity contribution is 6.01. The second kappa shape index (κ2) is 4.98. The molecule has 1 aliphatic carbocycles. The molecule has 4 fully saturated rings. The highest BCUT2D eigenvalue weighted by Gasteiger charge is 2.88. The third kappa shape index (κ3) is 1.61. The second-order valence-corrected chi connectivity index (χ2v) is 8.76. The molecule has 7 nitrogen and oxygen atoms in total. The van der Waals surface area contributed by atoms with Crippen LogP contribution in [0.15, 0.2) is 36.9 Å². The molecule has 0 bridgehead atoms. The number of nitrogens with zero attached hydrogens (tertiary/aromatic N) is 2. The zero-order chi connectivity index (χ0) is 19.5. The van der Waals surface area contributed by atoms with Crippen molar-refractivity contribution in [1.29, 1.82) is 0 Å². The average molecular weight is 391 g/mol. The molecule has 1 aromatic carbocycles. The largest absolute Gasteiger partial charge is 0.497 e. The van der Waals surface area contributed by atoms with Gasteiger partial charge in [0.2, 0.25) is 0 Å². The molecule has 2 spiro atoms. The molecule has 1 aromatic heterocycles. The van der Waals surface area contributed by atoms with Gasteiger partial charge in [0.25, 0.3) is 5.91 Å². The Labute approximate surface area is 167 Å². The van der Waals surface area contributed by atoms with E-state index in [1.807, 2.05) is 30.3 Å². The Morgan fingerprint density at radius 1 is 1.38 bits per heavy atom. The summed E-state index contributed by atoms with van der Waals surface area (Å²) in [6, 6.07) is 7.88. The lowest BCUT2D eigenvalue weighted by atomic mass is 9.81. The second-order valence-electron chi connectivity index (χ2n) is 8.76. The smallest absolute Gasteiger partial charge is 0.253 e. The van der Waals surface area contributed by atoms with E-state index < -0.39 is 0 Å². The van der Waals surface area contributed by atoms with E-state index in [1.165, 1.54) is 0 Å². The molecule has 29 heavy (non-hydrogen) atoms. The first-order valence-corrected chi connectivity index (χ1v) is 10.1. The van der Waals surface area contributed by atoms with Crippen molar-refractivity contribution >= 4 is 16.8 Å². The molecule has 3 saturated heterocycles. The maximum Gasteiger partial charge on any atom is 0.253 e. The van der Waals surface area contributed by atoms with E-state index in [2.05, 4.69) is 16.8 Å². The van der Waals surface area contributed by atoms with E-state index in [9.17, 15) is 4.79 Å². The fourth-order valence-corrected chi connectivity index (χ4v) is 6.74. The molecule has 4 aliphatic heterocycles. The van der Waals surface area contributed by atoms with Crippen molar-refractivity contribution in [3.05, 3.63) is 48.2 Å². The quantitative estimate of drug-likeness (QED) is 0.780. The van der Waals surface area contributed by atoms with E-state index in [0.29, 0.717) is 12.4 Å². The summed E-state index contributed by atoms with van der Waals surface area (Å²) in [4.78, 5) is 20.5. The molecule has 0 radical (unpaired) electrons. The number of amides is 1. The number of rotatable bonds is 2. The van der Waals surface area contributed by atoms with Gasteiger partial charge in [-0.05, 0) is 30.7 Å². The fourth-order valence-electron chi connectivity index (χ4n) is 6.74. The highest BCUT2D eigenvalue weighted by atomic mass is 16.7. The Bertz CT molecular complexity index is 1120. The summed E-state index contributed by atoms with van der Waals surface area (Å²) < 4.78 is 17.4. The number of fused-ring (bicyclic) bond motifs is 3. The van der Waals surface area contributed by atoms with Crippen molar-refractivity contribution in [1.82, 2.24) is 15.2 Å². The number of carbonyl (C=O) groups excluding carboxylic acids is 1. The summed E-state index contributed by atoms with van der Waals surface area (Å²) in [7, 11) is 1.64. The van der Waals surface area contributed by atoms with Crippen molar-refractivity contribution in [3.8, 4) is 5.75 Å². The van der Waals surface area contributed by atoms with Crippen LogP contribution in [0.25, 0.3) is 10.9 Å². The molecule has 1 saturated carbocycles. The van der Waals surface area contributed by atoms with Crippen molar-refractivity contribution in [2.45, 2.75) is 41.7 Å². The number of hydrogen-bond donors (Lipinski definition) is 1. The van der Waals surface area contributed by atoms with Crippen LogP contribution in [0, 0.1) is 0 Å². The molecule has 6 atom stereocenters. The zero-order valence-electron chi connectivity index (χ0n) is 16.1. The van der Waals surface area contributed by atoms with Gasteiger partial charge in [0.15, 0.2) is 0 Å². The standard InChI is InChI=1S/C22H21N3O4/c1-3-15-17-19(29-10-28-17)22-9-21(22)16(8-25(15)22)24-20(26)13-7-11-6-12(27-2)4-5-14(11)23-18(13)21/h3-7,15-17,19H,1,8-10H2,2H3,(H,24,26)/t15-,16+,17-,19-,21?,22?/m1/s1. The van der Waals surface area contributed by atoms with E-state index in [-0.39, 0.29) is 41.2 Å². The van der Waals surface area contributed by atoms with Crippen LogP contribution in [0.4, 0.5) is 0 Å². The van der Waals surface area contributed by atoms with Crippen LogP contribution in [0.5, 0.6) is 5.75 Å². The fraction of sp³-hybridized carbons (Fsp3) is 0.455. The van der Waals surface area contributed by atoms with Crippen LogP contribution in [-0.2, 0) is 14.9 Å². The van der Waals surface area contributed by atoms with Crippen molar-refractivity contribution in [2.75, 3.05) is 20.4 Å². The molecular formula is C22H21N3O4. The highest BCUT2D eigenvalue weighted by Crippen LogP contribution is 2.74. The first kappa shape index (κ1) is 16.3. The number of carbonyl (C=O) groups is 1. The molecule has 148 valence electrons. The lowest BCUT2D eigenvalue weighted by molar-refractivity contribution is -0.0118. The van der Waals surface area contributed by atoms with Gasteiger partial charge in [-0.3, -0.25) is 14.7 Å². The summed E-state index contributed by atoms with van der Waals surface area (Å²) in [5.74, 6) is 0.705. The molecule has 7 heteroatoms. The lowest BCUT2D eigenvalue weighted by Gasteiger charge is -2.32. The molecule has 2 aromatic rings. The minimum atomic E-state index is -0.237. The molecule has 2 unspecified atom stereocenters. The SMILES string of the molecule is C=C[C@@H]1[C@H]2OCO[C@H]2C23CC24c2nc5ccc(OC)cc5cc2C(=O)N[C@H]4CN13. The first-order chi connectivity index (χ1) is 14.1. The third-order valence-electron chi connectivity index (χ3n) is 7.89. The number of aromatic nitrogens is 1. The Balaban J connectivity index is 1.45. The number of piperidine rings is 1. The maximum atomic E-state index is 13.0. The monoisotopic (exact) mass is 391 g/mol. The topological polar surface area (TPSA) is 72.9 Å². The zero-order valence-corrected chi connectivity index (χ0v) is 16.1. The number of benzene rings is 1. The Morgan fingerprint density at radius 2 is 2.28 bits per heavy atom. The van der Waals surface area contributed by atoms with Crippen LogP contribution < -0.4 is 10.1 Å². The first-order valence-electron chi connectivity index (χ1n) is 10.1. The summed E-state index contributed by atoms with van der Waals surface area (Å²) in [5, 5.41) is 4.18. The predicted octanol–water partition coefficient (Wildman–Crippen LogP) is 1.36. The van der Waals surface area contributed by atoms with Gasteiger partial charge in [-0.15, -0.1) is 6.58 Å². The van der Waals surface area contributed by atoms with Crippen LogP contribution in [0.1, 0.15) is 22.5 Å². The van der Waals surface area contributed by atoms with Gasteiger partial charge >= 0.3 is 0 Å². The summed E-state index contributed by atoms with van der Waals surface area (Å²) in [6.45, 7) is 5.14. The molecule has 5 heterocycles. The van der Waals surface area contributed by atoms with E-state index in [1.54, 1.807) is 7.11 Å².